The summed E-state index contributed by atoms with van der Waals surface area (Å²) in [6.07, 6.45) is 1.17. The lowest BCUT2D eigenvalue weighted by Gasteiger charge is -2.15. The first kappa shape index (κ1) is 15.7. The SMILES string of the molecule is CCOC(=O)c1cn(C)c2c(OC)c(F)c(F)c(N)c2c1=O. The van der Waals surface area contributed by atoms with Crippen molar-refractivity contribution < 1.29 is 23.0 Å². The minimum absolute atomic E-state index is 0.0445. The molecule has 0 aliphatic carbocycles. The normalized spacial score (nSPS) is 10.8. The van der Waals surface area contributed by atoms with Crippen molar-refractivity contribution in [2.45, 2.75) is 6.92 Å². The Morgan fingerprint density at radius 1 is 1.36 bits per heavy atom. The number of nitrogens with zero attached hydrogens (tertiary/aromatic N) is 1. The van der Waals surface area contributed by atoms with Crippen LogP contribution in [0.1, 0.15) is 17.3 Å². The molecule has 22 heavy (non-hydrogen) atoms. The third-order valence-corrected chi connectivity index (χ3v) is 3.20. The number of rotatable bonds is 3. The van der Waals surface area contributed by atoms with Gasteiger partial charge in [0.25, 0.3) is 0 Å². The van der Waals surface area contributed by atoms with E-state index in [-0.39, 0.29) is 23.1 Å². The molecule has 0 spiro atoms. The van der Waals surface area contributed by atoms with E-state index >= 15 is 0 Å². The summed E-state index contributed by atoms with van der Waals surface area (Å²) in [7, 11) is 2.58. The number of benzene rings is 1. The van der Waals surface area contributed by atoms with Crippen molar-refractivity contribution in [3.8, 4) is 5.75 Å². The highest BCUT2D eigenvalue weighted by Gasteiger charge is 2.25. The molecule has 1 aromatic carbocycles. The van der Waals surface area contributed by atoms with Crippen molar-refractivity contribution in [3.05, 3.63) is 33.6 Å². The summed E-state index contributed by atoms with van der Waals surface area (Å²) in [5.41, 5.74) is 3.63. The van der Waals surface area contributed by atoms with Crippen LogP contribution in [-0.2, 0) is 11.8 Å². The molecule has 2 rings (SSSR count). The number of fused-ring (bicyclic) bond motifs is 1. The molecule has 0 fully saturated rings. The molecular formula is C14H14F2N2O4. The smallest absolute Gasteiger partial charge is 0.343 e. The van der Waals surface area contributed by atoms with Gasteiger partial charge in [0.1, 0.15) is 5.56 Å². The lowest BCUT2D eigenvalue weighted by atomic mass is 10.1. The Bertz CT molecular complexity index is 830. The van der Waals surface area contributed by atoms with Gasteiger partial charge in [0.15, 0.2) is 11.6 Å². The van der Waals surface area contributed by atoms with E-state index in [2.05, 4.69) is 0 Å². The van der Waals surface area contributed by atoms with E-state index in [4.69, 9.17) is 15.2 Å². The summed E-state index contributed by atoms with van der Waals surface area (Å²) >= 11 is 0. The molecule has 0 radical (unpaired) electrons. The first-order valence-electron chi connectivity index (χ1n) is 6.35. The van der Waals surface area contributed by atoms with E-state index in [1.165, 1.54) is 17.8 Å². The van der Waals surface area contributed by atoms with Crippen LogP contribution in [0.25, 0.3) is 10.9 Å². The first-order valence-corrected chi connectivity index (χ1v) is 6.35. The fourth-order valence-corrected chi connectivity index (χ4v) is 2.23. The van der Waals surface area contributed by atoms with E-state index < -0.39 is 34.5 Å². The summed E-state index contributed by atoms with van der Waals surface area (Å²) in [5, 5.41) is -0.330. The van der Waals surface area contributed by atoms with Crippen LogP contribution in [-0.4, -0.2) is 24.3 Å². The largest absolute Gasteiger partial charge is 0.491 e. The number of methoxy groups -OCH3 is 1. The summed E-state index contributed by atoms with van der Waals surface area (Å²) in [6.45, 7) is 1.65. The van der Waals surface area contributed by atoms with Gasteiger partial charge in [-0.25, -0.2) is 9.18 Å². The number of pyridine rings is 1. The van der Waals surface area contributed by atoms with E-state index in [1.54, 1.807) is 6.92 Å². The number of aryl methyl sites for hydroxylation is 1. The van der Waals surface area contributed by atoms with Crippen LogP contribution in [0.3, 0.4) is 0 Å². The van der Waals surface area contributed by atoms with Gasteiger partial charge in [0.05, 0.1) is 30.3 Å². The van der Waals surface area contributed by atoms with Gasteiger partial charge in [-0.3, -0.25) is 4.79 Å². The molecule has 2 aromatic rings. The van der Waals surface area contributed by atoms with Crippen molar-refractivity contribution in [2.24, 2.45) is 7.05 Å². The summed E-state index contributed by atoms with van der Waals surface area (Å²) in [5.74, 6) is -4.03. The maximum atomic E-state index is 13.9. The van der Waals surface area contributed by atoms with E-state index in [0.29, 0.717) is 0 Å². The van der Waals surface area contributed by atoms with Crippen molar-refractivity contribution in [1.29, 1.82) is 0 Å². The molecule has 0 atom stereocenters. The zero-order valence-electron chi connectivity index (χ0n) is 12.2. The van der Waals surface area contributed by atoms with Crippen LogP contribution in [0.2, 0.25) is 0 Å². The highest BCUT2D eigenvalue weighted by molar-refractivity contribution is 6.00. The Hall–Kier alpha value is -2.64. The molecule has 1 aromatic heterocycles. The number of carbonyl (C=O) groups is 1. The van der Waals surface area contributed by atoms with Gasteiger partial charge in [0.2, 0.25) is 11.2 Å². The minimum Gasteiger partial charge on any atom is -0.491 e. The van der Waals surface area contributed by atoms with Crippen LogP contribution in [0, 0.1) is 11.6 Å². The third-order valence-electron chi connectivity index (χ3n) is 3.20. The second-order valence-electron chi connectivity index (χ2n) is 4.50. The van der Waals surface area contributed by atoms with Gasteiger partial charge in [-0.1, -0.05) is 0 Å². The van der Waals surface area contributed by atoms with Crippen LogP contribution in [0.15, 0.2) is 11.0 Å². The Labute approximate surface area is 124 Å². The second-order valence-corrected chi connectivity index (χ2v) is 4.50. The highest BCUT2D eigenvalue weighted by atomic mass is 19.2. The number of hydrogen-bond acceptors (Lipinski definition) is 5. The third kappa shape index (κ3) is 2.16. The molecule has 0 amide bonds. The number of carbonyl (C=O) groups excluding carboxylic acids is 1. The standard InChI is InChI=1S/C14H14F2N2O4/c1-4-22-14(20)6-5-18(2)11-7(12(6)19)10(17)8(15)9(16)13(11)21-3/h5H,4,17H2,1-3H3. The van der Waals surface area contributed by atoms with Crippen LogP contribution in [0.4, 0.5) is 14.5 Å². The topological polar surface area (TPSA) is 83.6 Å². The zero-order valence-corrected chi connectivity index (χ0v) is 12.2. The first-order chi connectivity index (χ1) is 10.3. The molecular weight excluding hydrogens is 298 g/mol. The number of anilines is 1. The van der Waals surface area contributed by atoms with Crippen LogP contribution < -0.4 is 15.9 Å². The molecule has 1 heterocycles. The molecule has 2 N–H and O–H groups in total. The van der Waals surface area contributed by atoms with Crippen molar-refractivity contribution in [1.82, 2.24) is 4.57 Å². The average Bonchev–Trinajstić information content (AvgIpc) is 2.48. The molecule has 118 valence electrons. The minimum atomic E-state index is -1.40. The summed E-state index contributed by atoms with van der Waals surface area (Å²) < 4.78 is 38.6. The maximum Gasteiger partial charge on any atom is 0.343 e. The number of ether oxygens (including phenoxy) is 2. The van der Waals surface area contributed by atoms with Gasteiger partial charge in [0, 0.05) is 13.2 Å². The zero-order chi connectivity index (χ0) is 16.6. The molecule has 0 saturated carbocycles. The number of aromatic nitrogens is 1. The number of esters is 1. The van der Waals surface area contributed by atoms with Gasteiger partial charge in [-0.2, -0.15) is 4.39 Å². The summed E-state index contributed by atoms with van der Waals surface area (Å²) in [4.78, 5) is 24.2. The predicted molar refractivity (Wildman–Crippen MR) is 76.0 cm³/mol. The summed E-state index contributed by atoms with van der Waals surface area (Å²) in [6, 6.07) is 0. The molecule has 6 nitrogen and oxygen atoms in total. The number of halogens is 2. The second kappa shape index (κ2) is 5.63. The monoisotopic (exact) mass is 312 g/mol. The van der Waals surface area contributed by atoms with E-state index in [9.17, 15) is 18.4 Å². The van der Waals surface area contributed by atoms with E-state index in [1.807, 2.05) is 0 Å². The molecule has 0 bridgehead atoms. The maximum absolute atomic E-state index is 13.9. The highest BCUT2D eigenvalue weighted by Crippen LogP contribution is 2.34. The predicted octanol–water partition coefficient (Wildman–Crippen LogP) is 1.58. The van der Waals surface area contributed by atoms with Gasteiger partial charge in [-0.15, -0.1) is 0 Å². The molecule has 0 aliphatic rings. The quantitative estimate of drug-likeness (QED) is 0.687. The average molecular weight is 312 g/mol. The number of nitrogens with two attached hydrogens (primary N) is 1. The molecule has 0 aliphatic heterocycles. The molecule has 0 unspecified atom stereocenters. The Morgan fingerprint density at radius 2 is 2.00 bits per heavy atom. The fourth-order valence-electron chi connectivity index (χ4n) is 2.23. The molecule has 0 saturated heterocycles. The van der Waals surface area contributed by atoms with E-state index in [0.717, 1.165) is 7.11 Å². The lowest BCUT2D eigenvalue weighted by molar-refractivity contribution is 0.0524. The van der Waals surface area contributed by atoms with Gasteiger partial charge >= 0.3 is 5.97 Å². The Morgan fingerprint density at radius 3 is 2.55 bits per heavy atom. The van der Waals surface area contributed by atoms with Crippen molar-refractivity contribution in [3.63, 3.8) is 0 Å². The van der Waals surface area contributed by atoms with Crippen molar-refractivity contribution in [2.75, 3.05) is 19.5 Å². The molecule has 8 heteroatoms. The van der Waals surface area contributed by atoms with Gasteiger partial charge < -0.3 is 19.8 Å². The lowest BCUT2D eigenvalue weighted by Crippen LogP contribution is -2.22. The number of nitrogen functional groups attached to an aromatic ring is 1. The Balaban J connectivity index is 3.00. The van der Waals surface area contributed by atoms with Crippen LogP contribution in [0.5, 0.6) is 5.75 Å². The van der Waals surface area contributed by atoms with Crippen LogP contribution >= 0.6 is 0 Å². The fraction of sp³-hybridized carbons (Fsp3) is 0.286. The number of hydrogen-bond donors (Lipinski definition) is 1. The van der Waals surface area contributed by atoms with Gasteiger partial charge in [-0.05, 0) is 6.92 Å². The van der Waals surface area contributed by atoms with Crippen molar-refractivity contribution >= 4 is 22.6 Å². The Kier molecular flexibility index (Phi) is 4.03.